The Balaban J connectivity index is 0.000000202. The van der Waals surface area contributed by atoms with E-state index in [-0.39, 0.29) is 17.2 Å². The maximum atomic E-state index is 9.03. The number of rotatable bonds is 3. The molecule has 0 amide bonds. The molecule has 0 aliphatic heterocycles. The molecule has 0 aliphatic carbocycles. The van der Waals surface area contributed by atoms with E-state index in [2.05, 4.69) is 0 Å². The average molecular weight is 428 g/mol. The Morgan fingerprint density at radius 3 is 1.63 bits per heavy atom. The first-order valence-corrected chi connectivity index (χ1v) is 9.61. The van der Waals surface area contributed by atoms with Crippen molar-refractivity contribution >= 4 is 34.8 Å². The number of alkyl halides is 3. The van der Waals surface area contributed by atoms with Crippen LogP contribution in [0.5, 0.6) is 17.2 Å². The van der Waals surface area contributed by atoms with Gasteiger partial charge < -0.3 is 15.3 Å². The second kappa shape index (κ2) is 13.2. The molecule has 0 saturated heterocycles. The van der Waals surface area contributed by atoms with Crippen molar-refractivity contribution in [3.63, 3.8) is 0 Å². The van der Waals surface area contributed by atoms with Gasteiger partial charge in [0.25, 0.3) is 0 Å². The van der Waals surface area contributed by atoms with Crippen LogP contribution in [0, 0.1) is 0 Å². The summed E-state index contributed by atoms with van der Waals surface area (Å²) in [6.07, 6.45) is 0. The van der Waals surface area contributed by atoms with Crippen LogP contribution in [0.2, 0.25) is 0 Å². The fourth-order valence-electron chi connectivity index (χ4n) is 1.85. The SMILES string of the molecule is Oc1ccc(CCl)cc1.Oc1cccc(CCl)c1.Oc1ccccc1CCl. The molecule has 0 saturated carbocycles. The van der Waals surface area contributed by atoms with Gasteiger partial charge in [0, 0.05) is 17.3 Å². The lowest BCUT2D eigenvalue weighted by atomic mass is 10.2. The highest BCUT2D eigenvalue weighted by molar-refractivity contribution is 6.17. The van der Waals surface area contributed by atoms with Crippen LogP contribution in [0.25, 0.3) is 0 Å². The Labute approximate surface area is 174 Å². The van der Waals surface area contributed by atoms with Gasteiger partial charge in [0.05, 0.1) is 5.88 Å². The molecule has 3 nitrogen and oxygen atoms in total. The Morgan fingerprint density at radius 1 is 0.556 bits per heavy atom. The van der Waals surface area contributed by atoms with Crippen LogP contribution >= 0.6 is 34.8 Å². The first kappa shape index (κ1) is 23.0. The summed E-state index contributed by atoms with van der Waals surface area (Å²) in [5, 5.41) is 26.7. The van der Waals surface area contributed by atoms with Crippen LogP contribution in [0.4, 0.5) is 0 Å². The molecule has 0 bridgehead atoms. The minimum Gasteiger partial charge on any atom is -0.508 e. The summed E-state index contributed by atoms with van der Waals surface area (Å²) in [6.45, 7) is 0. The summed E-state index contributed by atoms with van der Waals surface area (Å²) in [5.74, 6) is 2.14. The molecule has 6 heteroatoms. The summed E-state index contributed by atoms with van der Waals surface area (Å²) in [5.41, 5.74) is 2.74. The smallest absolute Gasteiger partial charge is 0.119 e. The molecule has 0 spiro atoms. The quantitative estimate of drug-likeness (QED) is 0.424. The molecular formula is C21H21Cl3O3. The van der Waals surface area contributed by atoms with Gasteiger partial charge in [0.15, 0.2) is 0 Å². The van der Waals surface area contributed by atoms with Crippen LogP contribution in [-0.4, -0.2) is 15.3 Å². The Hall–Kier alpha value is -2.07. The van der Waals surface area contributed by atoms with E-state index in [0.717, 1.165) is 16.7 Å². The fourth-order valence-corrected chi connectivity index (χ4v) is 2.42. The fraction of sp³-hybridized carbons (Fsp3) is 0.143. The van der Waals surface area contributed by atoms with E-state index in [1.807, 2.05) is 12.1 Å². The Morgan fingerprint density at radius 2 is 1.19 bits per heavy atom. The zero-order valence-electron chi connectivity index (χ0n) is 14.5. The van der Waals surface area contributed by atoms with E-state index in [0.29, 0.717) is 17.6 Å². The molecule has 0 heterocycles. The number of phenols is 3. The van der Waals surface area contributed by atoms with Crippen LogP contribution < -0.4 is 0 Å². The van der Waals surface area contributed by atoms with Gasteiger partial charge in [-0.1, -0.05) is 42.5 Å². The highest BCUT2D eigenvalue weighted by Crippen LogP contribution is 2.16. The average Bonchev–Trinajstić information content (AvgIpc) is 2.70. The van der Waals surface area contributed by atoms with Crippen LogP contribution in [0.1, 0.15) is 16.7 Å². The van der Waals surface area contributed by atoms with Gasteiger partial charge in [0.2, 0.25) is 0 Å². The topological polar surface area (TPSA) is 60.7 Å². The van der Waals surface area contributed by atoms with Gasteiger partial charge >= 0.3 is 0 Å². The van der Waals surface area contributed by atoms with Gasteiger partial charge in [-0.15, -0.1) is 34.8 Å². The molecule has 27 heavy (non-hydrogen) atoms. The van der Waals surface area contributed by atoms with Crippen LogP contribution in [0.3, 0.4) is 0 Å². The number of halogens is 3. The van der Waals surface area contributed by atoms with Crippen LogP contribution in [-0.2, 0) is 17.6 Å². The molecule has 3 N–H and O–H groups in total. The Kier molecular flexibility index (Phi) is 11.2. The van der Waals surface area contributed by atoms with Gasteiger partial charge in [-0.25, -0.2) is 0 Å². The molecule has 0 radical (unpaired) electrons. The maximum Gasteiger partial charge on any atom is 0.119 e. The summed E-state index contributed by atoms with van der Waals surface area (Å²) in [6, 6.07) is 20.8. The summed E-state index contributed by atoms with van der Waals surface area (Å²) < 4.78 is 0. The number of para-hydroxylation sites is 1. The van der Waals surface area contributed by atoms with E-state index >= 15 is 0 Å². The van der Waals surface area contributed by atoms with Gasteiger partial charge in [-0.2, -0.15) is 0 Å². The van der Waals surface area contributed by atoms with Crippen molar-refractivity contribution in [2.45, 2.75) is 17.6 Å². The van der Waals surface area contributed by atoms with Crippen molar-refractivity contribution in [3.05, 3.63) is 89.5 Å². The standard InChI is InChI=1S/3C7H7ClO/c8-5-6-1-3-7(9)4-2-6;8-5-6-2-1-3-7(9)4-6;8-5-6-3-1-2-4-7(6)9/h3*1-4,9H,5H2. The minimum absolute atomic E-state index is 0.271. The van der Waals surface area contributed by atoms with E-state index in [4.69, 9.17) is 50.1 Å². The zero-order valence-corrected chi connectivity index (χ0v) is 16.8. The van der Waals surface area contributed by atoms with Gasteiger partial charge in [-0.3, -0.25) is 0 Å². The van der Waals surface area contributed by atoms with Crippen molar-refractivity contribution in [2.24, 2.45) is 0 Å². The predicted octanol–water partition coefficient (Wildman–Crippen LogP) is 6.39. The van der Waals surface area contributed by atoms with E-state index in [1.165, 1.54) is 0 Å². The lowest BCUT2D eigenvalue weighted by Gasteiger charge is -1.95. The van der Waals surface area contributed by atoms with Crippen molar-refractivity contribution in [1.82, 2.24) is 0 Å². The predicted molar refractivity (Wildman–Crippen MR) is 113 cm³/mol. The van der Waals surface area contributed by atoms with E-state index in [1.54, 1.807) is 60.7 Å². The second-order valence-electron chi connectivity index (χ2n) is 5.37. The first-order valence-electron chi connectivity index (χ1n) is 8.00. The molecule has 0 aromatic heterocycles. The second-order valence-corrected chi connectivity index (χ2v) is 6.17. The molecule has 0 atom stereocenters. The third kappa shape index (κ3) is 9.43. The summed E-state index contributed by atoms with van der Waals surface area (Å²) in [4.78, 5) is 0. The number of hydrogen-bond donors (Lipinski definition) is 3. The maximum absolute atomic E-state index is 9.03. The number of phenolic OH excluding ortho intramolecular Hbond substituents is 3. The first-order chi connectivity index (χ1) is 13.0. The third-order valence-electron chi connectivity index (χ3n) is 3.29. The van der Waals surface area contributed by atoms with Crippen molar-refractivity contribution < 1.29 is 15.3 Å². The molecule has 0 aliphatic rings. The molecule has 144 valence electrons. The summed E-state index contributed by atoms with van der Waals surface area (Å²) in [7, 11) is 0. The normalized spacial score (nSPS) is 9.44. The van der Waals surface area contributed by atoms with Crippen molar-refractivity contribution in [2.75, 3.05) is 0 Å². The number of aromatic hydroxyl groups is 3. The monoisotopic (exact) mass is 426 g/mol. The lowest BCUT2D eigenvalue weighted by Crippen LogP contribution is -1.75. The number of benzene rings is 3. The molecule has 0 fully saturated rings. The van der Waals surface area contributed by atoms with E-state index in [9.17, 15) is 0 Å². The summed E-state index contributed by atoms with van der Waals surface area (Å²) >= 11 is 16.5. The zero-order chi connectivity index (χ0) is 20.1. The number of hydrogen-bond acceptors (Lipinski definition) is 3. The lowest BCUT2D eigenvalue weighted by molar-refractivity contribution is 0.470. The van der Waals surface area contributed by atoms with Gasteiger partial charge in [-0.05, 0) is 41.5 Å². The molecule has 3 rings (SSSR count). The van der Waals surface area contributed by atoms with Gasteiger partial charge in [0.1, 0.15) is 17.2 Å². The molecule has 3 aromatic carbocycles. The highest BCUT2D eigenvalue weighted by atomic mass is 35.5. The van der Waals surface area contributed by atoms with Crippen molar-refractivity contribution in [1.29, 1.82) is 0 Å². The molecular weight excluding hydrogens is 407 g/mol. The van der Waals surface area contributed by atoms with E-state index < -0.39 is 0 Å². The molecule has 3 aromatic rings. The largest absolute Gasteiger partial charge is 0.508 e. The highest BCUT2D eigenvalue weighted by Gasteiger charge is 1.94. The molecule has 0 unspecified atom stereocenters. The minimum atomic E-state index is 0.271. The Bertz CT molecular complexity index is 793. The third-order valence-corrected chi connectivity index (χ3v) is 4.20. The van der Waals surface area contributed by atoms with Crippen LogP contribution in [0.15, 0.2) is 72.8 Å². The van der Waals surface area contributed by atoms with Crippen molar-refractivity contribution in [3.8, 4) is 17.2 Å².